The highest BCUT2D eigenvalue weighted by molar-refractivity contribution is 7.09. The molecule has 1 aliphatic heterocycles. The van der Waals surface area contributed by atoms with Crippen LogP contribution in [-0.4, -0.2) is 42.0 Å². The summed E-state index contributed by atoms with van der Waals surface area (Å²) >= 11 is 1.44. The van der Waals surface area contributed by atoms with Crippen LogP contribution in [0.15, 0.2) is 5.38 Å². The van der Waals surface area contributed by atoms with E-state index in [2.05, 4.69) is 29.0 Å². The molecule has 5 nitrogen and oxygen atoms in total. The van der Waals surface area contributed by atoms with E-state index in [9.17, 15) is 4.79 Å². The summed E-state index contributed by atoms with van der Waals surface area (Å²) in [6.45, 7) is 9.16. The van der Waals surface area contributed by atoms with Gasteiger partial charge in [0.15, 0.2) is 0 Å². The zero-order valence-electron chi connectivity index (χ0n) is 13.8. The quantitative estimate of drug-likeness (QED) is 0.741. The van der Waals surface area contributed by atoms with Crippen molar-refractivity contribution < 1.29 is 4.79 Å². The predicted molar refractivity (Wildman–Crippen MR) is 101 cm³/mol. The Morgan fingerprint density at radius 3 is 2.61 bits per heavy atom. The molecule has 0 aliphatic carbocycles. The molecule has 0 bridgehead atoms. The fraction of sp³-hybridized carbons (Fsp3) is 0.733. The Morgan fingerprint density at radius 2 is 2.04 bits per heavy atom. The second kappa shape index (κ2) is 11.2. The number of carbonyl (C=O) groups is 1. The zero-order chi connectivity index (χ0) is 15.2. The lowest BCUT2D eigenvalue weighted by atomic mass is 9.92. The molecule has 3 N–H and O–H groups in total. The maximum atomic E-state index is 11.9. The summed E-state index contributed by atoms with van der Waals surface area (Å²) in [5.74, 6) is 1.48. The Morgan fingerprint density at radius 1 is 1.39 bits per heavy atom. The van der Waals surface area contributed by atoms with Gasteiger partial charge in [-0.15, -0.1) is 36.2 Å². The maximum absolute atomic E-state index is 11.9. The first-order valence-corrected chi connectivity index (χ1v) is 8.61. The van der Waals surface area contributed by atoms with Crippen LogP contribution in [0.25, 0.3) is 0 Å². The highest BCUT2D eigenvalue weighted by Crippen LogP contribution is 2.20. The number of likely N-dealkylation sites (tertiary alicyclic amines) is 1. The highest BCUT2D eigenvalue weighted by atomic mass is 35.5. The minimum Gasteiger partial charge on any atom is -0.351 e. The van der Waals surface area contributed by atoms with E-state index in [0.29, 0.717) is 18.8 Å². The first-order valence-electron chi connectivity index (χ1n) is 7.73. The van der Waals surface area contributed by atoms with Gasteiger partial charge in [0.05, 0.1) is 0 Å². The summed E-state index contributed by atoms with van der Waals surface area (Å²) < 4.78 is 0. The third-order valence-corrected chi connectivity index (χ3v) is 4.71. The normalized spacial score (nSPS) is 21.2. The summed E-state index contributed by atoms with van der Waals surface area (Å²) in [5.41, 5.74) is 5.99. The van der Waals surface area contributed by atoms with Gasteiger partial charge in [-0.2, -0.15) is 0 Å². The van der Waals surface area contributed by atoms with Crippen LogP contribution in [0.1, 0.15) is 42.2 Å². The van der Waals surface area contributed by atoms with Crippen molar-refractivity contribution in [1.29, 1.82) is 0 Å². The first-order chi connectivity index (χ1) is 10.1. The van der Waals surface area contributed by atoms with Crippen LogP contribution in [0.4, 0.5) is 0 Å². The molecule has 1 amide bonds. The minimum atomic E-state index is -0.0914. The van der Waals surface area contributed by atoms with Crippen LogP contribution >= 0.6 is 36.2 Å². The number of piperidine rings is 1. The topological polar surface area (TPSA) is 71.2 Å². The lowest BCUT2D eigenvalue weighted by Gasteiger charge is -2.34. The number of rotatable bonds is 6. The minimum absolute atomic E-state index is 0. The van der Waals surface area contributed by atoms with E-state index in [1.165, 1.54) is 30.8 Å². The molecule has 1 aliphatic rings. The summed E-state index contributed by atoms with van der Waals surface area (Å²) in [7, 11) is 0. The zero-order valence-corrected chi connectivity index (χ0v) is 16.2. The van der Waals surface area contributed by atoms with Crippen LogP contribution in [0.3, 0.4) is 0 Å². The van der Waals surface area contributed by atoms with Crippen LogP contribution < -0.4 is 11.1 Å². The Balaban J connectivity index is 0.00000242. The summed E-state index contributed by atoms with van der Waals surface area (Å²) in [6.07, 6.45) is 2.32. The molecular formula is C15H28Cl2N4OS. The fourth-order valence-corrected chi connectivity index (χ4v) is 3.73. The molecule has 1 aromatic rings. The number of carbonyl (C=O) groups excluding carboxylic acids is 1. The summed E-state index contributed by atoms with van der Waals surface area (Å²) in [4.78, 5) is 18.6. The number of nitrogens with zero attached hydrogens (tertiary/aromatic N) is 2. The number of amides is 1. The SMILES string of the molecule is CC1CC(C)CN(CCCNC(=O)c2csc(CN)n2)C1.Cl.Cl. The van der Waals surface area contributed by atoms with Gasteiger partial charge < -0.3 is 16.0 Å². The number of nitrogens with one attached hydrogen (secondary N) is 1. The molecule has 0 spiro atoms. The van der Waals surface area contributed by atoms with Crippen molar-refractivity contribution in [3.63, 3.8) is 0 Å². The predicted octanol–water partition coefficient (Wildman–Crippen LogP) is 2.54. The van der Waals surface area contributed by atoms with E-state index < -0.39 is 0 Å². The van der Waals surface area contributed by atoms with Gasteiger partial charge in [0.2, 0.25) is 0 Å². The molecule has 1 saturated heterocycles. The van der Waals surface area contributed by atoms with Crippen molar-refractivity contribution in [2.45, 2.75) is 33.2 Å². The van der Waals surface area contributed by atoms with Gasteiger partial charge in [-0.3, -0.25) is 4.79 Å². The van der Waals surface area contributed by atoms with E-state index in [0.717, 1.165) is 29.8 Å². The van der Waals surface area contributed by atoms with E-state index in [4.69, 9.17) is 5.73 Å². The van der Waals surface area contributed by atoms with E-state index in [1.54, 1.807) is 5.38 Å². The van der Waals surface area contributed by atoms with E-state index in [1.807, 2.05) is 0 Å². The average Bonchev–Trinajstić information content (AvgIpc) is 2.91. The summed E-state index contributed by atoms with van der Waals surface area (Å²) in [6, 6.07) is 0. The van der Waals surface area contributed by atoms with Crippen LogP contribution in [0.2, 0.25) is 0 Å². The Hall–Kier alpha value is -0.400. The molecule has 134 valence electrons. The Kier molecular flexibility index (Phi) is 11.0. The lowest BCUT2D eigenvalue weighted by Crippen LogP contribution is -2.40. The van der Waals surface area contributed by atoms with Crippen molar-refractivity contribution in [2.24, 2.45) is 17.6 Å². The van der Waals surface area contributed by atoms with Crippen LogP contribution in [-0.2, 0) is 6.54 Å². The summed E-state index contributed by atoms with van der Waals surface area (Å²) in [5, 5.41) is 5.51. The van der Waals surface area contributed by atoms with Gasteiger partial charge in [0, 0.05) is 31.6 Å². The van der Waals surface area contributed by atoms with Crippen molar-refractivity contribution in [3.8, 4) is 0 Å². The van der Waals surface area contributed by atoms with E-state index >= 15 is 0 Å². The Labute approximate surface area is 155 Å². The van der Waals surface area contributed by atoms with Gasteiger partial charge >= 0.3 is 0 Å². The fourth-order valence-electron chi connectivity index (χ4n) is 3.08. The number of thiazole rings is 1. The van der Waals surface area contributed by atoms with Crippen molar-refractivity contribution >= 4 is 42.1 Å². The first kappa shape index (κ1) is 22.6. The lowest BCUT2D eigenvalue weighted by molar-refractivity contribution is 0.0943. The van der Waals surface area contributed by atoms with Crippen molar-refractivity contribution in [1.82, 2.24) is 15.2 Å². The second-order valence-corrected chi connectivity index (χ2v) is 7.09. The molecule has 0 aromatic carbocycles. The number of halogens is 2. The molecule has 2 atom stereocenters. The molecule has 0 radical (unpaired) electrons. The molecule has 2 heterocycles. The molecule has 0 saturated carbocycles. The van der Waals surface area contributed by atoms with E-state index in [-0.39, 0.29) is 30.7 Å². The molecule has 23 heavy (non-hydrogen) atoms. The third-order valence-electron chi connectivity index (χ3n) is 3.84. The standard InChI is InChI=1S/C15H26N4OS.2ClH/c1-11-6-12(2)9-19(8-11)5-3-4-17-15(20)13-10-21-14(7-16)18-13;;/h10-12H,3-9,16H2,1-2H3,(H,17,20);2*1H. The van der Waals surface area contributed by atoms with Crippen molar-refractivity contribution in [3.05, 3.63) is 16.1 Å². The molecule has 1 aromatic heterocycles. The third kappa shape index (κ3) is 7.35. The van der Waals surface area contributed by atoms with Gasteiger partial charge in [0.25, 0.3) is 5.91 Å². The van der Waals surface area contributed by atoms with Crippen molar-refractivity contribution in [2.75, 3.05) is 26.2 Å². The van der Waals surface area contributed by atoms with Crippen LogP contribution in [0, 0.1) is 11.8 Å². The molecule has 1 fully saturated rings. The largest absolute Gasteiger partial charge is 0.351 e. The van der Waals surface area contributed by atoms with Gasteiger partial charge in [-0.25, -0.2) is 4.98 Å². The molecule has 8 heteroatoms. The number of hydrogen-bond donors (Lipinski definition) is 2. The monoisotopic (exact) mass is 382 g/mol. The molecule has 2 unspecified atom stereocenters. The second-order valence-electron chi connectivity index (χ2n) is 6.15. The highest BCUT2D eigenvalue weighted by Gasteiger charge is 2.21. The molecule has 2 rings (SSSR count). The number of aromatic nitrogens is 1. The number of nitrogens with two attached hydrogens (primary N) is 1. The van der Waals surface area contributed by atoms with Gasteiger partial charge in [0.1, 0.15) is 10.7 Å². The maximum Gasteiger partial charge on any atom is 0.270 e. The smallest absolute Gasteiger partial charge is 0.270 e. The van der Waals surface area contributed by atoms with Gasteiger partial charge in [-0.05, 0) is 31.2 Å². The molecular weight excluding hydrogens is 355 g/mol. The average molecular weight is 383 g/mol. The number of hydrogen-bond acceptors (Lipinski definition) is 5. The van der Waals surface area contributed by atoms with Crippen LogP contribution in [0.5, 0.6) is 0 Å². The Bertz CT molecular complexity index is 462. The van der Waals surface area contributed by atoms with Gasteiger partial charge in [-0.1, -0.05) is 13.8 Å².